The summed E-state index contributed by atoms with van der Waals surface area (Å²) in [5, 5.41) is 11.9. The molecular formula is C17H19FN2O4S. The quantitative estimate of drug-likeness (QED) is 0.633. The minimum Gasteiger partial charge on any atom is -0.392 e. The molecule has 1 atom stereocenters. The number of aliphatic hydroxyl groups excluding tert-OH is 1. The van der Waals surface area contributed by atoms with Gasteiger partial charge >= 0.3 is 0 Å². The maximum Gasteiger partial charge on any atom is 0.251 e. The van der Waals surface area contributed by atoms with Crippen LogP contribution in [0.3, 0.4) is 0 Å². The second-order valence-electron chi connectivity index (χ2n) is 5.44. The Kier molecular flexibility index (Phi) is 6.24. The molecular weight excluding hydrogens is 347 g/mol. The normalized spacial score (nSPS) is 17.0. The van der Waals surface area contributed by atoms with Gasteiger partial charge in [0.25, 0.3) is 5.91 Å². The van der Waals surface area contributed by atoms with Gasteiger partial charge in [0.2, 0.25) is 10.0 Å². The minimum absolute atomic E-state index is 0.0221. The number of hydrogen-bond donors (Lipinski definition) is 3. The van der Waals surface area contributed by atoms with E-state index in [0.717, 1.165) is 17.7 Å². The Labute approximate surface area is 145 Å². The summed E-state index contributed by atoms with van der Waals surface area (Å²) < 4.78 is 40.2. The van der Waals surface area contributed by atoms with Gasteiger partial charge in [0, 0.05) is 12.1 Å². The van der Waals surface area contributed by atoms with Gasteiger partial charge in [-0.1, -0.05) is 24.3 Å². The third-order valence-electron chi connectivity index (χ3n) is 3.58. The van der Waals surface area contributed by atoms with Crippen molar-refractivity contribution in [1.82, 2.24) is 10.0 Å². The third kappa shape index (κ3) is 4.85. The number of hydrogen-bond acceptors (Lipinski definition) is 4. The molecule has 6 nitrogen and oxygen atoms in total. The van der Waals surface area contributed by atoms with Gasteiger partial charge in [-0.2, -0.15) is 0 Å². The highest BCUT2D eigenvalue weighted by Gasteiger charge is 2.21. The molecule has 1 aliphatic carbocycles. The lowest BCUT2D eigenvalue weighted by molar-refractivity contribution is 0.0943. The number of amides is 1. The average Bonchev–Trinajstić information content (AvgIpc) is 2.60. The SMILES string of the molecule is C=CCNS(=O)(=O)c1cc(C(=O)NC2C=CC=C(CO)C2)ccc1F. The second-order valence-corrected chi connectivity index (χ2v) is 7.17. The molecule has 1 aliphatic rings. The van der Waals surface area contributed by atoms with Crippen LogP contribution < -0.4 is 10.0 Å². The number of allylic oxidation sites excluding steroid dienone is 2. The first-order valence-electron chi connectivity index (χ1n) is 7.55. The highest BCUT2D eigenvalue weighted by molar-refractivity contribution is 7.89. The van der Waals surface area contributed by atoms with Gasteiger partial charge in [0.15, 0.2) is 0 Å². The lowest BCUT2D eigenvalue weighted by atomic mass is 10.0. The molecule has 8 heteroatoms. The number of carbonyl (C=O) groups excluding carboxylic acids is 1. The highest BCUT2D eigenvalue weighted by Crippen LogP contribution is 2.18. The van der Waals surface area contributed by atoms with Crippen molar-refractivity contribution >= 4 is 15.9 Å². The summed E-state index contributed by atoms with van der Waals surface area (Å²) in [6.45, 7) is 3.23. The predicted molar refractivity (Wildman–Crippen MR) is 92.0 cm³/mol. The molecule has 0 radical (unpaired) electrons. The molecule has 1 aromatic carbocycles. The van der Waals surface area contributed by atoms with E-state index >= 15 is 0 Å². The van der Waals surface area contributed by atoms with Crippen LogP contribution in [0.1, 0.15) is 16.8 Å². The number of carbonyl (C=O) groups is 1. The number of benzene rings is 1. The topological polar surface area (TPSA) is 95.5 Å². The van der Waals surface area contributed by atoms with Crippen molar-refractivity contribution in [3.8, 4) is 0 Å². The van der Waals surface area contributed by atoms with E-state index in [9.17, 15) is 17.6 Å². The molecule has 0 saturated carbocycles. The molecule has 0 spiro atoms. The number of nitrogens with one attached hydrogen (secondary N) is 2. The van der Waals surface area contributed by atoms with Crippen LogP contribution in [-0.2, 0) is 10.0 Å². The van der Waals surface area contributed by atoms with Crippen LogP contribution in [0.2, 0.25) is 0 Å². The summed E-state index contributed by atoms with van der Waals surface area (Å²) >= 11 is 0. The Morgan fingerprint density at radius 3 is 2.88 bits per heavy atom. The lowest BCUT2D eigenvalue weighted by Crippen LogP contribution is -2.35. The fraction of sp³-hybridized carbons (Fsp3) is 0.235. The minimum atomic E-state index is -4.09. The van der Waals surface area contributed by atoms with Crippen molar-refractivity contribution < 1.29 is 22.7 Å². The van der Waals surface area contributed by atoms with E-state index in [1.165, 1.54) is 12.1 Å². The van der Waals surface area contributed by atoms with E-state index in [4.69, 9.17) is 5.11 Å². The molecule has 2 rings (SSSR count). The number of rotatable bonds is 7. The molecule has 134 valence electrons. The van der Waals surface area contributed by atoms with Gasteiger partial charge in [0.05, 0.1) is 12.6 Å². The van der Waals surface area contributed by atoms with E-state index < -0.39 is 26.6 Å². The smallest absolute Gasteiger partial charge is 0.251 e. The van der Waals surface area contributed by atoms with Crippen LogP contribution in [0.25, 0.3) is 0 Å². The summed E-state index contributed by atoms with van der Waals surface area (Å²) in [7, 11) is -4.09. The monoisotopic (exact) mass is 366 g/mol. The van der Waals surface area contributed by atoms with Crippen molar-refractivity contribution in [3.05, 3.63) is 66.0 Å². The molecule has 0 aromatic heterocycles. The van der Waals surface area contributed by atoms with Crippen LogP contribution in [0.5, 0.6) is 0 Å². The summed E-state index contributed by atoms with van der Waals surface area (Å²) in [6.07, 6.45) is 7.01. The highest BCUT2D eigenvalue weighted by atomic mass is 32.2. The molecule has 0 heterocycles. The Bertz CT molecular complexity index is 831. The predicted octanol–water partition coefficient (Wildman–Crippen LogP) is 1.27. The molecule has 0 fully saturated rings. The molecule has 1 amide bonds. The van der Waals surface area contributed by atoms with Gasteiger partial charge in [-0.15, -0.1) is 6.58 Å². The molecule has 1 aromatic rings. The van der Waals surface area contributed by atoms with E-state index in [1.807, 2.05) is 0 Å². The number of halogens is 1. The average molecular weight is 366 g/mol. The van der Waals surface area contributed by atoms with Crippen LogP contribution in [0.4, 0.5) is 4.39 Å². The van der Waals surface area contributed by atoms with Crippen LogP contribution in [0.15, 0.2) is 59.6 Å². The number of sulfonamides is 1. The van der Waals surface area contributed by atoms with Crippen molar-refractivity contribution in [3.63, 3.8) is 0 Å². The molecule has 0 aliphatic heterocycles. The van der Waals surface area contributed by atoms with E-state index in [2.05, 4.69) is 16.6 Å². The lowest BCUT2D eigenvalue weighted by Gasteiger charge is -2.19. The van der Waals surface area contributed by atoms with Crippen molar-refractivity contribution in [2.24, 2.45) is 0 Å². The van der Waals surface area contributed by atoms with E-state index in [1.54, 1.807) is 18.2 Å². The first-order valence-corrected chi connectivity index (χ1v) is 9.03. The zero-order valence-corrected chi connectivity index (χ0v) is 14.2. The Morgan fingerprint density at radius 1 is 1.44 bits per heavy atom. The van der Waals surface area contributed by atoms with Gasteiger partial charge in [-0.05, 0) is 30.2 Å². The fourth-order valence-corrected chi connectivity index (χ4v) is 3.41. The van der Waals surface area contributed by atoms with E-state index in [-0.39, 0.29) is 24.8 Å². The van der Waals surface area contributed by atoms with Gasteiger partial charge in [-0.25, -0.2) is 17.5 Å². The molecule has 25 heavy (non-hydrogen) atoms. The standard InChI is InChI=1S/C17H19FN2O4S/c1-2-8-19-25(23,24)16-10-13(6-7-15(16)18)17(22)20-14-5-3-4-12(9-14)11-21/h2-7,10,14,19,21H,1,8-9,11H2,(H,20,22). The summed E-state index contributed by atoms with van der Waals surface area (Å²) in [6, 6.07) is 2.81. The zero-order valence-electron chi connectivity index (χ0n) is 13.4. The molecule has 1 unspecified atom stereocenters. The van der Waals surface area contributed by atoms with Crippen LogP contribution >= 0.6 is 0 Å². The van der Waals surface area contributed by atoms with Crippen LogP contribution in [-0.4, -0.2) is 38.6 Å². The largest absolute Gasteiger partial charge is 0.392 e. The first-order chi connectivity index (χ1) is 11.9. The van der Waals surface area contributed by atoms with E-state index in [0.29, 0.717) is 6.42 Å². The Morgan fingerprint density at radius 2 is 2.20 bits per heavy atom. The fourth-order valence-electron chi connectivity index (χ4n) is 2.31. The second kappa shape index (κ2) is 8.19. The Balaban J connectivity index is 2.19. The maximum atomic E-state index is 13.9. The zero-order chi connectivity index (χ0) is 18.4. The van der Waals surface area contributed by atoms with Gasteiger partial charge in [0.1, 0.15) is 10.7 Å². The first kappa shape index (κ1) is 19.0. The number of aliphatic hydroxyl groups is 1. The summed E-state index contributed by atoms with van der Waals surface area (Å²) in [5.41, 5.74) is 0.790. The Hall–Kier alpha value is -2.29. The van der Waals surface area contributed by atoms with Gasteiger partial charge < -0.3 is 10.4 Å². The third-order valence-corrected chi connectivity index (χ3v) is 5.02. The summed E-state index contributed by atoms with van der Waals surface area (Å²) in [4.78, 5) is 11.7. The summed E-state index contributed by atoms with van der Waals surface area (Å²) in [5.74, 6) is -1.48. The van der Waals surface area contributed by atoms with Gasteiger partial charge in [-0.3, -0.25) is 4.79 Å². The molecule has 0 saturated heterocycles. The van der Waals surface area contributed by atoms with Crippen LogP contribution in [0, 0.1) is 5.82 Å². The van der Waals surface area contributed by atoms with Crippen molar-refractivity contribution in [1.29, 1.82) is 0 Å². The molecule has 0 bridgehead atoms. The van der Waals surface area contributed by atoms with Crippen molar-refractivity contribution in [2.75, 3.05) is 13.2 Å². The van der Waals surface area contributed by atoms with Crippen molar-refractivity contribution in [2.45, 2.75) is 17.4 Å². The molecule has 3 N–H and O–H groups in total. The maximum absolute atomic E-state index is 13.9.